The third kappa shape index (κ3) is 2.64. The summed E-state index contributed by atoms with van der Waals surface area (Å²) in [7, 11) is 0. The van der Waals surface area contributed by atoms with Crippen molar-refractivity contribution in [3.05, 3.63) is 35.9 Å². The van der Waals surface area contributed by atoms with Gasteiger partial charge in [-0.05, 0) is 12.0 Å². The van der Waals surface area contributed by atoms with Gasteiger partial charge >= 0.3 is 11.9 Å². The summed E-state index contributed by atoms with van der Waals surface area (Å²) in [5.41, 5.74) is 0.908. The average Bonchev–Trinajstić information content (AvgIpc) is 2.24. The van der Waals surface area contributed by atoms with Crippen LogP contribution in [0.15, 0.2) is 30.3 Å². The third-order valence-electron chi connectivity index (χ3n) is 2.54. The molecule has 0 aromatic heterocycles. The molecule has 1 heterocycles. The Morgan fingerprint density at radius 2 is 1.59 bits per heavy atom. The van der Waals surface area contributed by atoms with Gasteiger partial charge in [-0.2, -0.15) is 0 Å². The number of cyclic esters (lactones) is 2. The first-order valence-corrected chi connectivity index (χ1v) is 5.47. The topological polar surface area (TPSA) is 52.6 Å². The van der Waals surface area contributed by atoms with E-state index in [-0.39, 0.29) is 0 Å². The molecule has 1 saturated heterocycles. The van der Waals surface area contributed by atoms with Crippen LogP contribution in [0.4, 0.5) is 0 Å². The Bertz CT molecular complexity index is 416. The molecular weight excluding hydrogens is 220 g/mol. The SMILES string of the molecule is CC1(C)OC(=O)C(Cc2ccccc2)C(=O)O1. The second kappa shape index (κ2) is 4.20. The lowest BCUT2D eigenvalue weighted by Gasteiger charge is -2.32. The Hall–Kier alpha value is -1.84. The molecule has 2 rings (SSSR count). The maximum absolute atomic E-state index is 11.7. The summed E-state index contributed by atoms with van der Waals surface area (Å²) in [6.07, 6.45) is 0.314. The van der Waals surface area contributed by atoms with Crippen LogP contribution in [0.25, 0.3) is 0 Å². The molecule has 4 heteroatoms. The Morgan fingerprint density at radius 3 is 2.12 bits per heavy atom. The van der Waals surface area contributed by atoms with Gasteiger partial charge in [-0.15, -0.1) is 0 Å². The average molecular weight is 234 g/mol. The summed E-state index contributed by atoms with van der Waals surface area (Å²) >= 11 is 0. The van der Waals surface area contributed by atoms with Gasteiger partial charge < -0.3 is 9.47 Å². The number of rotatable bonds is 2. The first kappa shape index (κ1) is 11.6. The number of ether oxygens (including phenoxy) is 2. The Kier molecular flexibility index (Phi) is 2.88. The lowest BCUT2D eigenvalue weighted by Crippen LogP contribution is -2.46. The van der Waals surface area contributed by atoms with Gasteiger partial charge in [-0.1, -0.05) is 30.3 Å². The number of carbonyl (C=O) groups is 2. The predicted octanol–water partition coefficient (Wildman–Crippen LogP) is 1.68. The maximum atomic E-state index is 11.7. The molecule has 0 amide bonds. The lowest BCUT2D eigenvalue weighted by molar-refractivity contribution is -0.239. The summed E-state index contributed by atoms with van der Waals surface area (Å²) in [4.78, 5) is 23.4. The van der Waals surface area contributed by atoms with Crippen molar-refractivity contribution >= 4 is 11.9 Å². The monoisotopic (exact) mass is 234 g/mol. The molecule has 0 radical (unpaired) electrons. The fraction of sp³-hybridized carbons (Fsp3) is 0.385. The molecule has 0 N–H and O–H groups in total. The Labute approximate surface area is 99.5 Å². The number of hydrogen-bond donors (Lipinski definition) is 0. The third-order valence-corrected chi connectivity index (χ3v) is 2.54. The van der Waals surface area contributed by atoms with E-state index in [9.17, 15) is 9.59 Å². The van der Waals surface area contributed by atoms with E-state index in [1.165, 1.54) is 0 Å². The fourth-order valence-corrected chi connectivity index (χ4v) is 1.76. The molecule has 1 aliphatic rings. The maximum Gasteiger partial charge on any atom is 0.323 e. The zero-order valence-electron chi connectivity index (χ0n) is 9.80. The highest BCUT2D eigenvalue weighted by atomic mass is 16.7. The normalized spacial score (nSPS) is 19.6. The first-order chi connectivity index (χ1) is 7.98. The van der Waals surface area contributed by atoms with Crippen LogP contribution in [0.3, 0.4) is 0 Å². The van der Waals surface area contributed by atoms with Gasteiger partial charge in [0.05, 0.1) is 0 Å². The molecule has 1 aliphatic heterocycles. The summed E-state index contributed by atoms with van der Waals surface area (Å²) in [6.45, 7) is 3.09. The fourth-order valence-electron chi connectivity index (χ4n) is 1.76. The molecule has 1 fully saturated rings. The molecule has 1 aromatic rings. The van der Waals surface area contributed by atoms with E-state index >= 15 is 0 Å². The smallest absolute Gasteiger partial charge is 0.323 e. The molecule has 4 nitrogen and oxygen atoms in total. The van der Waals surface area contributed by atoms with Crippen LogP contribution in [0, 0.1) is 5.92 Å². The highest BCUT2D eigenvalue weighted by molar-refractivity contribution is 5.96. The van der Waals surface area contributed by atoms with Gasteiger partial charge in [0.15, 0.2) is 5.92 Å². The molecule has 0 bridgehead atoms. The van der Waals surface area contributed by atoms with Crippen LogP contribution in [-0.2, 0) is 25.5 Å². The molecule has 0 spiro atoms. The van der Waals surface area contributed by atoms with Crippen molar-refractivity contribution in [2.75, 3.05) is 0 Å². The summed E-state index contributed by atoms with van der Waals surface area (Å²) in [5.74, 6) is -3.04. The summed E-state index contributed by atoms with van der Waals surface area (Å²) < 4.78 is 10.1. The van der Waals surface area contributed by atoms with Gasteiger partial charge in [0, 0.05) is 13.8 Å². The van der Waals surface area contributed by atoms with Crippen molar-refractivity contribution in [1.29, 1.82) is 0 Å². The van der Waals surface area contributed by atoms with Crippen molar-refractivity contribution in [3.63, 3.8) is 0 Å². The molecule has 0 aliphatic carbocycles. The standard InChI is InChI=1S/C13H14O4/c1-13(2)16-11(14)10(12(15)17-13)8-9-6-4-3-5-7-9/h3-7,10H,8H2,1-2H3. The predicted molar refractivity (Wildman–Crippen MR) is 59.9 cm³/mol. The first-order valence-electron chi connectivity index (χ1n) is 5.47. The van der Waals surface area contributed by atoms with Crippen molar-refractivity contribution < 1.29 is 19.1 Å². The van der Waals surface area contributed by atoms with Crippen molar-refractivity contribution in [2.45, 2.75) is 26.1 Å². The molecule has 0 saturated carbocycles. The van der Waals surface area contributed by atoms with E-state index in [0.717, 1.165) is 5.56 Å². The van der Waals surface area contributed by atoms with Crippen LogP contribution in [0.5, 0.6) is 0 Å². The molecule has 0 unspecified atom stereocenters. The van der Waals surface area contributed by atoms with E-state index in [2.05, 4.69) is 0 Å². The highest BCUT2D eigenvalue weighted by Gasteiger charge is 2.42. The second-order valence-corrected chi connectivity index (χ2v) is 4.48. The van der Waals surface area contributed by atoms with E-state index < -0.39 is 23.6 Å². The van der Waals surface area contributed by atoms with E-state index in [1.807, 2.05) is 30.3 Å². The highest BCUT2D eigenvalue weighted by Crippen LogP contribution is 2.25. The van der Waals surface area contributed by atoms with E-state index in [4.69, 9.17) is 9.47 Å². The van der Waals surface area contributed by atoms with Gasteiger partial charge in [-0.3, -0.25) is 9.59 Å². The summed E-state index contributed by atoms with van der Waals surface area (Å²) in [5, 5.41) is 0. The number of esters is 2. The quantitative estimate of drug-likeness (QED) is 0.577. The van der Waals surface area contributed by atoms with Gasteiger partial charge in [-0.25, -0.2) is 0 Å². The Balaban J connectivity index is 2.12. The van der Waals surface area contributed by atoms with E-state index in [0.29, 0.717) is 6.42 Å². The van der Waals surface area contributed by atoms with Crippen molar-refractivity contribution in [2.24, 2.45) is 5.92 Å². The minimum absolute atomic E-state index is 0.314. The van der Waals surface area contributed by atoms with Crippen LogP contribution in [0.2, 0.25) is 0 Å². The number of hydrogen-bond acceptors (Lipinski definition) is 4. The molecular formula is C13H14O4. The van der Waals surface area contributed by atoms with Crippen LogP contribution < -0.4 is 0 Å². The van der Waals surface area contributed by atoms with Crippen LogP contribution >= 0.6 is 0 Å². The van der Waals surface area contributed by atoms with Crippen LogP contribution in [-0.4, -0.2) is 17.7 Å². The van der Waals surface area contributed by atoms with Gasteiger partial charge in [0.1, 0.15) is 0 Å². The van der Waals surface area contributed by atoms with Gasteiger partial charge in [0.25, 0.3) is 5.79 Å². The zero-order valence-corrected chi connectivity index (χ0v) is 9.80. The number of carbonyl (C=O) groups excluding carboxylic acids is 2. The Morgan fingerprint density at radius 1 is 1.06 bits per heavy atom. The van der Waals surface area contributed by atoms with Gasteiger partial charge in [0.2, 0.25) is 0 Å². The minimum Gasteiger partial charge on any atom is -0.422 e. The van der Waals surface area contributed by atoms with E-state index in [1.54, 1.807) is 13.8 Å². The molecule has 0 atom stereocenters. The second-order valence-electron chi connectivity index (χ2n) is 4.48. The molecule has 17 heavy (non-hydrogen) atoms. The van der Waals surface area contributed by atoms with Crippen molar-refractivity contribution in [3.8, 4) is 0 Å². The van der Waals surface area contributed by atoms with Crippen molar-refractivity contribution in [1.82, 2.24) is 0 Å². The largest absolute Gasteiger partial charge is 0.422 e. The lowest BCUT2D eigenvalue weighted by atomic mass is 9.98. The minimum atomic E-state index is -1.15. The summed E-state index contributed by atoms with van der Waals surface area (Å²) in [6, 6.07) is 9.32. The zero-order chi connectivity index (χ0) is 12.5. The molecule has 90 valence electrons. The van der Waals surface area contributed by atoms with Crippen LogP contribution in [0.1, 0.15) is 19.4 Å². The molecule has 1 aromatic carbocycles. The number of benzene rings is 1.